The number of pyridine rings is 2. The summed E-state index contributed by atoms with van der Waals surface area (Å²) in [7, 11) is 0. The van der Waals surface area contributed by atoms with Gasteiger partial charge in [-0.3, -0.25) is 14.8 Å². The van der Waals surface area contributed by atoms with Crippen molar-refractivity contribution in [1.82, 2.24) is 9.97 Å². The minimum Gasteiger partial charge on any atom is -0.301 e. The van der Waals surface area contributed by atoms with E-state index in [1.807, 2.05) is 24.5 Å². The zero-order valence-electron chi connectivity index (χ0n) is 18.4. The quantitative estimate of drug-likeness (QED) is 0.294. The van der Waals surface area contributed by atoms with Crippen molar-refractivity contribution >= 4 is 11.6 Å². The minimum atomic E-state index is 0.155. The molecule has 0 spiro atoms. The molecule has 2 aromatic heterocycles. The Balaban J connectivity index is 1.37. The molecular weight excluding hydrogens is 418 g/mol. The molecule has 0 aliphatic carbocycles. The number of rotatable bonds is 5. The molecule has 0 saturated carbocycles. The van der Waals surface area contributed by atoms with Crippen LogP contribution in [0.15, 0.2) is 116 Å². The lowest BCUT2D eigenvalue weighted by Crippen LogP contribution is -1.95. The molecule has 0 radical (unpaired) electrons. The summed E-state index contributed by atoms with van der Waals surface area (Å²) >= 11 is 0. The fourth-order valence-electron chi connectivity index (χ4n) is 4.21. The summed E-state index contributed by atoms with van der Waals surface area (Å²) in [6.07, 6.45) is 7.30. The van der Waals surface area contributed by atoms with E-state index >= 15 is 0 Å². The summed E-state index contributed by atoms with van der Waals surface area (Å²) in [6.45, 7) is 0.475. The van der Waals surface area contributed by atoms with Crippen LogP contribution in [0.4, 0.5) is 5.69 Å². The van der Waals surface area contributed by atoms with Crippen LogP contribution in [0.2, 0.25) is 0 Å². The predicted molar refractivity (Wildman–Crippen MR) is 136 cm³/mol. The lowest BCUT2D eigenvalue weighted by molar-refractivity contribution is -0.109. The molecule has 5 aromatic rings. The number of aromatic nitrogens is 2. The van der Waals surface area contributed by atoms with Gasteiger partial charge in [0.25, 0.3) is 0 Å². The highest BCUT2D eigenvalue weighted by atomic mass is 16.2. The van der Waals surface area contributed by atoms with Gasteiger partial charge in [-0.25, -0.2) is 0 Å². The highest BCUT2D eigenvalue weighted by Gasteiger charge is 2.32. The van der Waals surface area contributed by atoms with Gasteiger partial charge in [0.2, 0.25) is 5.91 Å². The number of hydrogen-bond donors (Lipinski definition) is 0. The van der Waals surface area contributed by atoms with Gasteiger partial charge in [-0.1, -0.05) is 60.7 Å². The van der Waals surface area contributed by atoms with Gasteiger partial charge in [-0.15, -0.1) is 0 Å². The summed E-state index contributed by atoms with van der Waals surface area (Å²) in [6, 6.07) is 31.3. The Kier molecular flexibility index (Phi) is 4.96. The van der Waals surface area contributed by atoms with Crippen molar-refractivity contribution in [2.45, 2.75) is 0 Å². The smallest absolute Gasteiger partial charge is 0.247 e. The Morgan fingerprint density at radius 2 is 0.941 bits per heavy atom. The van der Waals surface area contributed by atoms with E-state index in [4.69, 9.17) is 0 Å². The van der Waals surface area contributed by atoms with Crippen LogP contribution in [0.1, 0.15) is 0 Å². The zero-order chi connectivity index (χ0) is 22.9. The standard InChI is InChI=1S/C30H21N3O/c34-30-20-33(30)29-16-27(23-9-5-21(6-10-23)25-3-1-13-31-18-25)15-28(17-29)24-11-7-22(8-12-24)26-4-2-14-32-19-26/h1-19H,20H2. The lowest BCUT2D eigenvalue weighted by atomic mass is 9.95. The fourth-order valence-corrected chi connectivity index (χ4v) is 4.21. The molecule has 1 aliphatic rings. The topological polar surface area (TPSA) is 45.9 Å². The van der Waals surface area contributed by atoms with Crippen LogP contribution >= 0.6 is 0 Å². The van der Waals surface area contributed by atoms with Gasteiger partial charge >= 0.3 is 0 Å². The molecule has 34 heavy (non-hydrogen) atoms. The largest absolute Gasteiger partial charge is 0.301 e. The highest BCUT2D eigenvalue weighted by molar-refractivity contribution is 6.12. The average Bonchev–Trinajstić information content (AvgIpc) is 3.66. The van der Waals surface area contributed by atoms with Crippen molar-refractivity contribution in [3.63, 3.8) is 0 Å². The summed E-state index contributed by atoms with van der Waals surface area (Å²) < 4.78 is 0. The first-order valence-corrected chi connectivity index (χ1v) is 11.2. The van der Waals surface area contributed by atoms with Crippen molar-refractivity contribution < 1.29 is 4.79 Å². The van der Waals surface area contributed by atoms with Crippen molar-refractivity contribution in [3.05, 3.63) is 116 Å². The van der Waals surface area contributed by atoms with E-state index in [1.165, 1.54) is 0 Å². The van der Waals surface area contributed by atoms with Crippen molar-refractivity contribution in [2.75, 3.05) is 11.4 Å². The number of carbonyl (C=O) groups is 1. The van der Waals surface area contributed by atoms with E-state index < -0.39 is 0 Å². The first-order chi connectivity index (χ1) is 16.7. The predicted octanol–water partition coefficient (Wildman–Crippen LogP) is 6.49. The average molecular weight is 440 g/mol. The maximum Gasteiger partial charge on any atom is 0.247 e. The third kappa shape index (κ3) is 3.97. The highest BCUT2D eigenvalue weighted by Crippen LogP contribution is 2.35. The number of nitrogens with zero attached hydrogens (tertiary/aromatic N) is 3. The second-order valence-electron chi connectivity index (χ2n) is 8.39. The Morgan fingerprint density at radius 3 is 1.29 bits per heavy atom. The molecule has 0 bridgehead atoms. The molecule has 4 nitrogen and oxygen atoms in total. The first-order valence-electron chi connectivity index (χ1n) is 11.2. The molecule has 0 N–H and O–H groups in total. The molecule has 4 heteroatoms. The van der Waals surface area contributed by atoms with Gasteiger partial charge in [0.15, 0.2) is 0 Å². The van der Waals surface area contributed by atoms with E-state index in [9.17, 15) is 4.79 Å². The summed E-state index contributed by atoms with van der Waals surface area (Å²) in [5.74, 6) is 0.155. The maximum absolute atomic E-state index is 11.9. The second kappa shape index (κ2) is 8.41. The molecule has 3 aromatic carbocycles. The molecular formula is C30H21N3O. The van der Waals surface area contributed by atoms with Gasteiger partial charge in [0.1, 0.15) is 6.54 Å². The maximum atomic E-state index is 11.9. The van der Waals surface area contributed by atoms with E-state index in [1.54, 1.807) is 17.3 Å². The molecule has 6 rings (SSSR count). The number of anilines is 1. The third-order valence-electron chi connectivity index (χ3n) is 6.15. The van der Waals surface area contributed by atoms with Crippen LogP contribution in [0.25, 0.3) is 44.5 Å². The van der Waals surface area contributed by atoms with Crippen LogP contribution in [0.3, 0.4) is 0 Å². The van der Waals surface area contributed by atoms with Gasteiger partial charge in [-0.05, 0) is 74.8 Å². The molecule has 1 saturated heterocycles. The molecule has 0 unspecified atom stereocenters. The lowest BCUT2D eigenvalue weighted by Gasteiger charge is -2.12. The zero-order valence-corrected chi connectivity index (χ0v) is 18.4. The monoisotopic (exact) mass is 439 g/mol. The van der Waals surface area contributed by atoms with Gasteiger partial charge in [0.05, 0.1) is 0 Å². The van der Waals surface area contributed by atoms with Crippen LogP contribution in [0.5, 0.6) is 0 Å². The molecule has 1 amide bonds. The van der Waals surface area contributed by atoms with Crippen LogP contribution < -0.4 is 4.90 Å². The first kappa shape index (κ1) is 20.1. The minimum absolute atomic E-state index is 0.155. The van der Waals surface area contributed by atoms with Crippen LogP contribution in [-0.4, -0.2) is 22.4 Å². The number of hydrogen-bond acceptors (Lipinski definition) is 3. The van der Waals surface area contributed by atoms with Gasteiger partial charge in [0, 0.05) is 30.5 Å². The number of amides is 1. The van der Waals surface area contributed by atoms with E-state index in [2.05, 4.69) is 88.8 Å². The van der Waals surface area contributed by atoms with Crippen molar-refractivity contribution in [2.24, 2.45) is 0 Å². The van der Waals surface area contributed by atoms with Crippen LogP contribution in [-0.2, 0) is 4.79 Å². The van der Waals surface area contributed by atoms with Crippen molar-refractivity contribution in [1.29, 1.82) is 0 Å². The number of benzene rings is 3. The second-order valence-corrected chi connectivity index (χ2v) is 8.39. The van der Waals surface area contributed by atoms with Crippen LogP contribution in [0, 0.1) is 0 Å². The fraction of sp³-hybridized carbons (Fsp3) is 0.0333. The molecule has 1 aliphatic heterocycles. The Morgan fingerprint density at radius 1 is 0.529 bits per heavy atom. The Bertz CT molecular complexity index is 1360. The van der Waals surface area contributed by atoms with E-state index in [0.717, 1.165) is 50.2 Å². The molecule has 162 valence electrons. The summed E-state index contributed by atoms with van der Waals surface area (Å²) in [5.41, 5.74) is 9.75. The summed E-state index contributed by atoms with van der Waals surface area (Å²) in [4.78, 5) is 22.1. The number of carbonyl (C=O) groups excluding carboxylic acids is 1. The van der Waals surface area contributed by atoms with Gasteiger partial charge < -0.3 is 4.90 Å². The SMILES string of the molecule is O=C1CN1c1cc(-c2ccc(-c3cccnc3)cc2)cc(-c2ccc(-c3cccnc3)cc2)c1. The van der Waals surface area contributed by atoms with Crippen molar-refractivity contribution in [3.8, 4) is 44.5 Å². The summed E-state index contributed by atoms with van der Waals surface area (Å²) in [5, 5.41) is 0. The van der Waals surface area contributed by atoms with E-state index in [-0.39, 0.29) is 5.91 Å². The Labute approximate surface area is 198 Å². The van der Waals surface area contributed by atoms with E-state index in [0.29, 0.717) is 6.54 Å². The van der Waals surface area contributed by atoms with Gasteiger partial charge in [-0.2, -0.15) is 0 Å². The molecule has 0 atom stereocenters. The Hall–Kier alpha value is -4.57. The normalized spacial score (nSPS) is 12.6. The third-order valence-corrected chi connectivity index (χ3v) is 6.15. The molecule has 3 heterocycles. The molecule has 1 fully saturated rings.